The Morgan fingerprint density at radius 1 is 1.43 bits per heavy atom. The van der Waals surface area contributed by atoms with E-state index in [9.17, 15) is 4.79 Å². The van der Waals surface area contributed by atoms with Gasteiger partial charge in [0.2, 0.25) is 5.91 Å². The third-order valence-corrected chi connectivity index (χ3v) is 4.66. The van der Waals surface area contributed by atoms with E-state index in [0.717, 1.165) is 35.4 Å². The number of aliphatic hydroxyl groups is 1. The van der Waals surface area contributed by atoms with Crippen LogP contribution in [0, 0.1) is 18.8 Å². The molecule has 0 aromatic heterocycles. The number of carbonyl (C=O) groups excluding carboxylic acids is 1. The first-order valence-electron chi connectivity index (χ1n) is 7.33. The first kappa shape index (κ1) is 15.9. The Labute approximate surface area is 130 Å². The van der Waals surface area contributed by atoms with Gasteiger partial charge in [0.1, 0.15) is 0 Å². The van der Waals surface area contributed by atoms with Gasteiger partial charge in [0.15, 0.2) is 0 Å². The maximum atomic E-state index is 12.2. The molecule has 2 rings (SSSR count). The summed E-state index contributed by atoms with van der Waals surface area (Å²) in [5.74, 6) is 7.09. The summed E-state index contributed by atoms with van der Waals surface area (Å²) in [4.78, 5) is 12.2. The standard InChI is InChI=1S/C17H21NO2S/c1-13-10-14(6-2-4-8-19)12-15(11-13)18-17(20)16-7-3-5-9-21-16/h10-12,16,19H,3-5,7-9H2,1H3,(H,18,20). The second-order valence-electron chi connectivity index (χ2n) is 5.21. The van der Waals surface area contributed by atoms with Gasteiger partial charge in [-0.25, -0.2) is 0 Å². The Kier molecular flexibility index (Phi) is 6.16. The summed E-state index contributed by atoms with van der Waals surface area (Å²) in [7, 11) is 0. The highest BCUT2D eigenvalue weighted by atomic mass is 32.2. The lowest BCUT2D eigenvalue weighted by Crippen LogP contribution is -2.27. The van der Waals surface area contributed by atoms with Gasteiger partial charge in [-0.2, -0.15) is 0 Å². The maximum Gasteiger partial charge on any atom is 0.237 e. The Balaban J connectivity index is 2.05. The summed E-state index contributed by atoms with van der Waals surface area (Å²) < 4.78 is 0. The third-order valence-electron chi connectivity index (χ3n) is 3.29. The monoisotopic (exact) mass is 303 g/mol. The van der Waals surface area contributed by atoms with Crippen LogP contribution in [0.5, 0.6) is 0 Å². The van der Waals surface area contributed by atoms with E-state index < -0.39 is 0 Å². The van der Waals surface area contributed by atoms with Crippen LogP contribution in [0.15, 0.2) is 18.2 Å². The molecule has 1 aromatic rings. The first-order valence-corrected chi connectivity index (χ1v) is 8.38. The highest BCUT2D eigenvalue weighted by Crippen LogP contribution is 2.26. The van der Waals surface area contributed by atoms with Crippen LogP contribution < -0.4 is 5.32 Å². The van der Waals surface area contributed by atoms with Crippen molar-refractivity contribution in [3.8, 4) is 11.8 Å². The van der Waals surface area contributed by atoms with E-state index in [-0.39, 0.29) is 17.8 Å². The summed E-state index contributed by atoms with van der Waals surface area (Å²) in [6.45, 7) is 2.06. The van der Waals surface area contributed by atoms with Crippen LogP contribution in [0.2, 0.25) is 0 Å². The molecule has 1 aliphatic rings. The van der Waals surface area contributed by atoms with Crippen molar-refractivity contribution in [2.45, 2.75) is 37.9 Å². The molecular weight excluding hydrogens is 282 g/mol. The second kappa shape index (κ2) is 8.11. The Hall–Kier alpha value is -1.44. The number of aryl methyl sites for hydroxylation is 1. The number of hydrogen-bond donors (Lipinski definition) is 2. The first-order chi connectivity index (χ1) is 10.2. The molecule has 112 valence electrons. The van der Waals surface area contributed by atoms with Crippen molar-refractivity contribution in [1.29, 1.82) is 0 Å². The molecule has 2 N–H and O–H groups in total. The zero-order valence-corrected chi connectivity index (χ0v) is 13.1. The SMILES string of the molecule is Cc1cc(C#CCCO)cc(NC(=O)C2CCCCS2)c1. The summed E-state index contributed by atoms with van der Waals surface area (Å²) in [5.41, 5.74) is 2.74. The number of benzene rings is 1. The topological polar surface area (TPSA) is 49.3 Å². The lowest BCUT2D eigenvalue weighted by molar-refractivity contribution is -0.115. The Morgan fingerprint density at radius 2 is 2.29 bits per heavy atom. The highest BCUT2D eigenvalue weighted by molar-refractivity contribution is 8.00. The fourth-order valence-corrected chi connectivity index (χ4v) is 3.52. The lowest BCUT2D eigenvalue weighted by Gasteiger charge is -2.20. The average molecular weight is 303 g/mol. The molecule has 1 aliphatic heterocycles. The molecule has 1 heterocycles. The predicted octanol–water partition coefficient (Wildman–Crippen LogP) is 2.95. The van der Waals surface area contributed by atoms with Crippen molar-refractivity contribution in [3.63, 3.8) is 0 Å². The smallest absolute Gasteiger partial charge is 0.237 e. The molecule has 4 heteroatoms. The highest BCUT2D eigenvalue weighted by Gasteiger charge is 2.21. The summed E-state index contributed by atoms with van der Waals surface area (Å²) in [6.07, 6.45) is 3.78. The average Bonchev–Trinajstić information content (AvgIpc) is 2.48. The molecule has 0 radical (unpaired) electrons. The minimum atomic E-state index is 0.0707. The molecule has 1 fully saturated rings. The summed E-state index contributed by atoms with van der Waals surface area (Å²) >= 11 is 1.75. The fourth-order valence-electron chi connectivity index (χ4n) is 2.32. The minimum Gasteiger partial charge on any atom is -0.395 e. The van der Waals surface area contributed by atoms with E-state index in [2.05, 4.69) is 17.2 Å². The normalized spacial score (nSPS) is 17.7. The van der Waals surface area contributed by atoms with Crippen molar-refractivity contribution in [3.05, 3.63) is 29.3 Å². The van der Waals surface area contributed by atoms with Crippen LogP contribution in [0.4, 0.5) is 5.69 Å². The Bertz CT molecular complexity index is 554. The van der Waals surface area contributed by atoms with Gasteiger partial charge in [-0.3, -0.25) is 4.79 Å². The number of nitrogens with one attached hydrogen (secondary N) is 1. The van der Waals surface area contributed by atoms with Crippen molar-refractivity contribution >= 4 is 23.4 Å². The fraction of sp³-hybridized carbons (Fsp3) is 0.471. The van der Waals surface area contributed by atoms with Crippen molar-refractivity contribution in [1.82, 2.24) is 0 Å². The third kappa shape index (κ3) is 5.11. The number of carbonyl (C=O) groups is 1. The van der Waals surface area contributed by atoms with E-state index in [1.54, 1.807) is 11.8 Å². The minimum absolute atomic E-state index is 0.0707. The number of hydrogen-bond acceptors (Lipinski definition) is 3. The molecule has 1 unspecified atom stereocenters. The summed E-state index contributed by atoms with van der Waals surface area (Å²) in [6, 6.07) is 5.83. The van der Waals surface area contributed by atoms with E-state index in [1.807, 2.05) is 25.1 Å². The van der Waals surface area contributed by atoms with Crippen LogP contribution in [0.3, 0.4) is 0 Å². The van der Waals surface area contributed by atoms with Gasteiger partial charge in [0, 0.05) is 17.7 Å². The largest absolute Gasteiger partial charge is 0.395 e. The van der Waals surface area contributed by atoms with Crippen molar-refractivity contribution in [2.75, 3.05) is 17.7 Å². The molecule has 0 spiro atoms. The van der Waals surface area contributed by atoms with Gasteiger partial charge in [-0.15, -0.1) is 11.8 Å². The van der Waals surface area contributed by atoms with Crippen LogP contribution in [-0.4, -0.2) is 28.6 Å². The molecule has 1 atom stereocenters. The zero-order chi connectivity index (χ0) is 15.1. The lowest BCUT2D eigenvalue weighted by atomic mass is 10.1. The molecule has 21 heavy (non-hydrogen) atoms. The quantitative estimate of drug-likeness (QED) is 0.844. The van der Waals surface area contributed by atoms with E-state index in [0.29, 0.717) is 6.42 Å². The van der Waals surface area contributed by atoms with Crippen molar-refractivity contribution < 1.29 is 9.90 Å². The summed E-state index contributed by atoms with van der Waals surface area (Å²) in [5, 5.41) is 11.8. The molecule has 0 saturated carbocycles. The van der Waals surface area contributed by atoms with Gasteiger partial charge in [0.05, 0.1) is 11.9 Å². The van der Waals surface area contributed by atoms with Crippen LogP contribution in [-0.2, 0) is 4.79 Å². The van der Waals surface area contributed by atoms with Crippen molar-refractivity contribution in [2.24, 2.45) is 0 Å². The van der Waals surface area contributed by atoms with E-state index in [1.165, 1.54) is 6.42 Å². The van der Waals surface area contributed by atoms with Gasteiger partial charge in [-0.1, -0.05) is 18.3 Å². The van der Waals surface area contributed by atoms with Gasteiger partial charge < -0.3 is 10.4 Å². The number of rotatable bonds is 3. The molecule has 1 aromatic carbocycles. The number of thioether (sulfide) groups is 1. The maximum absolute atomic E-state index is 12.2. The zero-order valence-electron chi connectivity index (χ0n) is 12.3. The molecule has 0 aliphatic carbocycles. The molecule has 1 saturated heterocycles. The van der Waals surface area contributed by atoms with Gasteiger partial charge >= 0.3 is 0 Å². The molecular formula is C17H21NO2S. The predicted molar refractivity (Wildman–Crippen MR) is 88.5 cm³/mol. The second-order valence-corrected chi connectivity index (χ2v) is 6.52. The molecule has 1 amide bonds. The van der Waals surface area contributed by atoms with Gasteiger partial charge in [-0.05, 0) is 49.3 Å². The number of aliphatic hydroxyl groups excluding tert-OH is 1. The van der Waals surface area contributed by atoms with Crippen LogP contribution in [0.1, 0.15) is 36.8 Å². The number of amides is 1. The molecule has 0 bridgehead atoms. The van der Waals surface area contributed by atoms with E-state index in [4.69, 9.17) is 5.11 Å². The van der Waals surface area contributed by atoms with Crippen LogP contribution >= 0.6 is 11.8 Å². The Morgan fingerprint density at radius 3 is 3.00 bits per heavy atom. The molecule has 3 nitrogen and oxygen atoms in total. The van der Waals surface area contributed by atoms with E-state index >= 15 is 0 Å². The van der Waals surface area contributed by atoms with Gasteiger partial charge in [0.25, 0.3) is 0 Å². The number of anilines is 1. The van der Waals surface area contributed by atoms with Crippen LogP contribution in [0.25, 0.3) is 0 Å².